The quantitative estimate of drug-likeness (QED) is 0.786. The molecule has 108 valence electrons. The minimum Gasteiger partial charge on any atom is -0.496 e. The van der Waals surface area contributed by atoms with Crippen LogP contribution in [0, 0.1) is 6.92 Å². The molecule has 0 spiro atoms. The van der Waals surface area contributed by atoms with Gasteiger partial charge in [0.25, 0.3) is 0 Å². The molecule has 0 bridgehead atoms. The number of furan rings is 1. The van der Waals surface area contributed by atoms with Gasteiger partial charge in [0.2, 0.25) is 0 Å². The molecule has 2 N–H and O–H groups in total. The number of methoxy groups -OCH3 is 1. The molecule has 0 radical (unpaired) electrons. The molecule has 1 atom stereocenters. The Balaban J connectivity index is 1.88. The lowest BCUT2D eigenvalue weighted by Gasteiger charge is -2.12. The van der Waals surface area contributed by atoms with Crippen molar-refractivity contribution >= 4 is 11.0 Å². The number of ether oxygens (including phenoxy) is 1. The fourth-order valence-electron chi connectivity index (χ4n) is 2.58. The Hall–Kier alpha value is -2.26. The molecule has 3 aromatic rings. The lowest BCUT2D eigenvalue weighted by atomic mass is 10.0. The first-order valence-corrected chi connectivity index (χ1v) is 7.05. The molecule has 0 fully saturated rings. The van der Waals surface area contributed by atoms with Crippen molar-refractivity contribution in [1.82, 2.24) is 0 Å². The molecule has 0 amide bonds. The zero-order chi connectivity index (χ0) is 14.8. The summed E-state index contributed by atoms with van der Waals surface area (Å²) in [5, 5.41) is 1.10. The van der Waals surface area contributed by atoms with Crippen LogP contribution in [-0.2, 0) is 6.42 Å². The summed E-state index contributed by atoms with van der Waals surface area (Å²) in [6, 6.07) is 15.9. The van der Waals surface area contributed by atoms with E-state index in [1.165, 1.54) is 5.56 Å². The molecule has 1 aromatic heterocycles. The highest BCUT2D eigenvalue weighted by Crippen LogP contribution is 2.28. The predicted octanol–water partition coefficient (Wildman–Crippen LogP) is 3.99. The fraction of sp³-hybridized carbons (Fsp3) is 0.222. The summed E-state index contributed by atoms with van der Waals surface area (Å²) in [5.74, 6) is 1.67. The molecule has 21 heavy (non-hydrogen) atoms. The van der Waals surface area contributed by atoms with Crippen LogP contribution in [0.3, 0.4) is 0 Å². The summed E-state index contributed by atoms with van der Waals surface area (Å²) < 4.78 is 11.2. The van der Waals surface area contributed by atoms with Gasteiger partial charge in [0, 0.05) is 5.39 Å². The van der Waals surface area contributed by atoms with Crippen LogP contribution in [0.4, 0.5) is 0 Å². The molecule has 3 nitrogen and oxygen atoms in total. The Labute approximate surface area is 124 Å². The van der Waals surface area contributed by atoms with Gasteiger partial charge in [0.1, 0.15) is 17.1 Å². The van der Waals surface area contributed by atoms with E-state index in [0.717, 1.165) is 28.0 Å². The zero-order valence-corrected chi connectivity index (χ0v) is 12.3. The normalized spacial score (nSPS) is 12.5. The van der Waals surface area contributed by atoms with E-state index < -0.39 is 0 Å². The summed E-state index contributed by atoms with van der Waals surface area (Å²) in [4.78, 5) is 0. The second-order valence-corrected chi connectivity index (χ2v) is 5.31. The average molecular weight is 281 g/mol. The Morgan fingerprint density at radius 2 is 1.95 bits per heavy atom. The highest BCUT2D eigenvalue weighted by molar-refractivity contribution is 5.78. The van der Waals surface area contributed by atoms with Gasteiger partial charge < -0.3 is 14.9 Å². The topological polar surface area (TPSA) is 48.4 Å². The van der Waals surface area contributed by atoms with E-state index in [9.17, 15) is 0 Å². The number of rotatable bonds is 4. The summed E-state index contributed by atoms with van der Waals surface area (Å²) >= 11 is 0. The molecule has 0 aliphatic heterocycles. The number of hydrogen-bond acceptors (Lipinski definition) is 3. The minimum atomic E-state index is -0.186. The third-order valence-corrected chi connectivity index (χ3v) is 3.69. The standard InChI is InChI=1S/C18H19NO2/c1-12-7-8-17-14(9-12)11-18(21-17)15(19)10-13-5-3-4-6-16(13)20-2/h3-9,11,15H,10,19H2,1-2H3. The summed E-state index contributed by atoms with van der Waals surface area (Å²) in [7, 11) is 1.67. The maximum absolute atomic E-state index is 6.30. The molecule has 1 heterocycles. The number of nitrogens with two attached hydrogens (primary N) is 1. The van der Waals surface area contributed by atoms with Crippen LogP contribution in [0.15, 0.2) is 52.9 Å². The number of benzene rings is 2. The van der Waals surface area contributed by atoms with Crippen molar-refractivity contribution in [1.29, 1.82) is 0 Å². The van der Waals surface area contributed by atoms with E-state index in [-0.39, 0.29) is 6.04 Å². The largest absolute Gasteiger partial charge is 0.496 e. The van der Waals surface area contributed by atoms with E-state index in [1.54, 1.807) is 7.11 Å². The second-order valence-electron chi connectivity index (χ2n) is 5.31. The van der Waals surface area contributed by atoms with Gasteiger partial charge in [-0.3, -0.25) is 0 Å². The molecule has 2 aromatic carbocycles. The molecular weight excluding hydrogens is 262 g/mol. The predicted molar refractivity (Wildman–Crippen MR) is 84.6 cm³/mol. The van der Waals surface area contributed by atoms with Crippen LogP contribution >= 0.6 is 0 Å². The number of para-hydroxylation sites is 1. The van der Waals surface area contributed by atoms with Crippen molar-refractivity contribution in [2.24, 2.45) is 5.73 Å². The Bertz CT molecular complexity index is 761. The zero-order valence-electron chi connectivity index (χ0n) is 12.3. The smallest absolute Gasteiger partial charge is 0.134 e. The van der Waals surface area contributed by atoms with Gasteiger partial charge in [0.05, 0.1) is 13.2 Å². The van der Waals surface area contributed by atoms with Gasteiger partial charge in [-0.05, 0) is 43.2 Å². The molecular formula is C18H19NO2. The maximum atomic E-state index is 6.30. The van der Waals surface area contributed by atoms with Crippen molar-refractivity contribution in [3.63, 3.8) is 0 Å². The van der Waals surface area contributed by atoms with Crippen LogP contribution in [0.1, 0.15) is 22.9 Å². The SMILES string of the molecule is COc1ccccc1CC(N)c1cc2cc(C)ccc2o1. The van der Waals surface area contributed by atoms with Gasteiger partial charge in [-0.1, -0.05) is 29.8 Å². The maximum Gasteiger partial charge on any atom is 0.134 e. The van der Waals surface area contributed by atoms with Crippen molar-refractivity contribution in [3.8, 4) is 5.75 Å². The molecule has 0 saturated carbocycles. The summed E-state index contributed by atoms with van der Waals surface area (Å²) in [6.07, 6.45) is 0.683. The van der Waals surface area contributed by atoms with Crippen molar-refractivity contribution < 1.29 is 9.15 Å². The van der Waals surface area contributed by atoms with Crippen LogP contribution < -0.4 is 10.5 Å². The van der Waals surface area contributed by atoms with E-state index in [0.29, 0.717) is 6.42 Å². The third kappa shape index (κ3) is 2.78. The Kier molecular flexibility index (Phi) is 3.67. The van der Waals surface area contributed by atoms with Gasteiger partial charge >= 0.3 is 0 Å². The molecule has 0 aliphatic carbocycles. The third-order valence-electron chi connectivity index (χ3n) is 3.69. The molecule has 0 aliphatic rings. The lowest BCUT2D eigenvalue weighted by Crippen LogP contribution is -2.13. The lowest BCUT2D eigenvalue weighted by molar-refractivity contribution is 0.405. The monoisotopic (exact) mass is 281 g/mol. The fourth-order valence-corrected chi connectivity index (χ4v) is 2.58. The van der Waals surface area contributed by atoms with Gasteiger partial charge in [-0.25, -0.2) is 0 Å². The second kappa shape index (κ2) is 5.62. The Morgan fingerprint density at radius 3 is 2.76 bits per heavy atom. The van der Waals surface area contributed by atoms with E-state index >= 15 is 0 Å². The summed E-state index contributed by atoms with van der Waals surface area (Å²) in [5.41, 5.74) is 9.49. The average Bonchev–Trinajstić information content (AvgIpc) is 2.91. The number of fused-ring (bicyclic) bond motifs is 1. The van der Waals surface area contributed by atoms with Crippen molar-refractivity contribution in [3.05, 3.63) is 65.4 Å². The van der Waals surface area contributed by atoms with Crippen molar-refractivity contribution in [2.45, 2.75) is 19.4 Å². The van der Waals surface area contributed by atoms with Crippen LogP contribution in [0.5, 0.6) is 5.75 Å². The van der Waals surface area contributed by atoms with Crippen LogP contribution in [-0.4, -0.2) is 7.11 Å². The molecule has 0 saturated heterocycles. The number of aryl methyl sites for hydroxylation is 1. The first kappa shape index (κ1) is 13.7. The van der Waals surface area contributed by atoms with E-state index in [2.05, 4.69) is 13.0 Å². The minimum absolute atomic E-state index is 0.186. The first-order valence-electron chi connectivity index (χ1n) is 7.05. The summed E-state index contributed by atoms with van der Waals surface area (Å²) in [6.45, 7) is 2.07. The number of hydrogen-bond donors (Lipinski definition) is 1. The highest BCUT2D eigenvalue weighted by atomic mass is 16.5. The highest BCUT2D eigenvalue weighted by Gasteiger charge is 2.15. The molecule has 3 heteroatoms. The van der Waals surface area contributed by atoms with E-state index in [4.69, 9.17) is 14.9 Å². The Morgan fingerprint density at radius 1 is 1.14 bits per heavy atom. The molecule has 3 rings (SSSR count). The first-order chi connectivity index (χ1) is 10.2. The van der Waals surface area contributed by atoms with Crippen LogP contribution in [0.25, 0.3) is 11.0 Å². The van der Waals surface area contributed by atoms with Gasteiger partial charge in [0.15, 0.2) is 0 Å². The van der Waals surface area contributed by atoms with E-state index in [1.807, 2.05) is 42.5 Å². The molecule has 1 unspecified atom stereocenters. The van der Waals surface area contributed by atoms with Crippen molar-refractivity contribution in [2.75, 3.05) is 7.11 Å². The van der Waals surface area contributed by atoms with Gasteiger partial charge in [-0.15, -0.1) is 0 Å². The van der Waals surface area contributed by atoms with Gasteiger partial charge in [-0.2, -0.15) is 0 Å². The van der Waals surface area contributed by atoms with Crippen LogP contribution in [0.2, 0.25) is 0 Å².